The number of ether oxygens (including phenoxy) is 1. The minimum atomic E-state index is -0.928. The number of hydrogen-bond donors (Lipinski definition) is 1. The van der Waals surface area contributed by atoms with E-state index in [4.69, 9.17) is 4.74 Å². The lowest BCUT2D eigenvalue weighted by molar-refractivity contribution is -0.117. The molecule has 1 aliphatic heterocycles. The van der Waals surface area contributed by atoms with Crippen molar-refractivity contribution in [3.63, 3.8) is 0 Å². The van der Waals surface area contributed by atoms with Crippen LogP contribution in [0.4, 0.5) is 9.52 Å². The third-order valence-corrected chi connectivity index (χ3v) is 8.65. The van der Waals surface area contributed by atoms with E-state index in [0.717, 1.165) is 11.3 Å². The van der Waals surface area contributed by atoms with Crippen LogP contribution in [-0.4, -0.2) is 33.6 Å². The van der Waals surface area contributed by atoms with E-state index >= 15 is 0 Å². The van der Waals surface area contributed by atoms with E-state index < -0.39 is 23.5 Å². The second-order valence-electron chi connectivity index (χ2n) is 8.05. The molecule has 192 valence electrons. The predicted octanol–water partition coefficient (Wildman–Crippen LogP) is 6.38. The number of nitrogens with zero attached hydrogens (tertiary/aromatic N) is 3. The average molecular weight is 566 g/mol. The SMILES string of the molecule is C=CCOc1ccc(C2C(C(=O)c3cccs3)=C(O)C(=O)N2c2nnc(SCc3ccccc3F)s2)cc1. The number of carbonyl (C=O) groups is 2. The van der Waals surface area contributed by atoms with Crippen molar-refractivity contribution in [3.8, 4) is 5.75 Å². The summed E-state index contributed by atoms with van der Waals surface area (Å²) in [5.74, 6) is -1.21. The van der Waals surface area contributed by atoms with E-state index in [-0.39, 0.29) is 16.5 Å². The van der Waals surface area contributed by atoms with Gasteiger partial charge in [0.15, 0.2) is 10.1 Å². The Balaban J connectivity index is 1.48. The number of halogens is 1. The molecule has 38 heavy (non-hydrogen) atoms. The molecule has 7 nitrogen and oxygen atoms in total. The molecule has 1 N–H and O–H groups in total. The molecule has 0 saturated heterocycles. The maximum atomic E-state index is 14.0. The summed E-state index contributed by atoms with van der Waals surface area (Å²) < 4.78 is 20.1. The van der Waals surface area contributed by atoms with Gasteiger partial charge in [-0.3, -0.25) is 14.5 Å². The number of amides is 1. The zero-order valence-electron chi connectivity index (χ0n) is 19.7. The first-order valence-electron chi connectivity index (χ1n) is 11.4. The molecule has 5 rings (SSSR count). The predicted molar refractivity (Wildman–Crippen MR) is 147 cm³/mol. The molecule has 4 aromatic rings. The summed E-state index contributed by atoms with van der Waals surface area (Å²) in [6.45, 7) is 3.96. The van der Waals surface area contributed by atoms with Crippen molar-refractivity contribution < 1.29 is 23.8 Å². The van der Waals surface area contributed by atoms with Gasteiger partial charge in [-0.1, -0.05) is 72.2 Å². The van der Waals surface area contributed by atoms with E-state index in [1.165, 1.54) is 34.1 Å². The van der Waals surface area contributed by atoms with Gasteiger partial charge in [0, 0.05) is 5.75 Å². The Morgan fingerprint density at radius 3 is 2.66 bits per heavy atom. The normalized spacial score (nSPS) is 15.2. The zero-order chi connectivity index (χ0) is 26.6. The molecule has 0 aliphatic carbocycles. The minimum Gasteiger partial charge on any atom is -0.503 e. The molecule has 1 amide bonds. The van der Waals surface area contributed by atoms with Crippen LogP contribution >= 0.6 is 34.4 Å². The van der Waals surface area contributed by atoms with Gasteiger partial charge in [0.2, 0.25) is 10.9 Å². The Labute approximate surface area is 229 Å². The highest BCUT2D eigenvalue weighted by atomic mass is 32.2. The van der Waals surface area contributed by atoms with Gasteiger partial charge in [-0.2, -0.15) is 0 Å². The molecule has 1 atom stereocenters. The number of aromatic nitrogens is 2. The number of thioether (sulfide) groups is 1. The lowest BCUT2D eigenvalue weighted by atomic mass is 9.95. The molecule has 0 fully saturated rings. The maximum Gasteiger partial charge on any atom is 0.296 e. The van der Waals surface area contributed by atoms with Crippen LogP contribution in [0.1, 0.15) is 26.8 Å². The number of anilines is 1. The Bertz CT molecular complexity index is 1520. The van der Waals surface area contributed by atoms with Crippen LogP contribution in [0.5, 0.6) is 5.75 Å². The van der Waals surface area contributed by atoms with Crippen LogP contribution in [0.3, 0.4) is 0 Å². The summed E-state index contributed by atoms with van der Waals surface area (Å²) >= 11 is 3.63. The molecule has 0 bridgehead atoms. The number of rotatable bonds is 10. The fraction of sp³-hybridized carbons (Fsp3) is 0.111. The Morgan fingerprint density at radius 2 is 1.95 bits per heavy atom. The standard InChI is InChI=1S/C27H20FN3O4S3/c1-2-13-35-18-11-9-16(10-12-18)22-21(23(32)20-8-5-14-36-20)24(33)25(34)31(22)26-29-30-27(38-26)37-15-17-6-3-4-7-19(17)28/h2-12,14,22,33H,1,13,15H2. The topological polar surface area (TPSA) is 92.6 Å². The Morgan fingerprint density at radius 1 is 1.16 bits per heavy atom. The summed E-state index contributed by atoms with van der Waals surface area (Å²) in [4.78, 5) is 28.4. The number of aliphatic hydroxyl groups excluding tert-OH is 1. The van der Waals surface area contributed by atoms with Gasteiger partial charge < -0.3 is 9.84 Å². The van der Waals surface area contributed by atoms with Gasteiger partial charge in [-0.15, -0.1) is 21.5 Å². The Kier molecular flexibility index (Phi) is 7.68. The van der Waals surface area contributed by atoms with Gasteiger partial charge in [0.05, 0.1) is 16.5 Å². The number of ketones is 1. The van der Waals surface area contributed by atoms with Gasteiger partial charge in [-0.05, 0) is 40.8 Å². The molecular formula is C27H20FN3O4S3. The second-order valence-corrected chi connectivity index (χ2v) is 11.2. The Hall–Kier alpha value is -3.80. The quantitative estimate of drug-likeness (QED) is 0.103. The number of benzene rings is 2. The first-order valence-corrected chi connectivity index (χ1v) is 14.0. The van der Waals surface area contributed by atoms with Crippen molar-refractivity contribution in [1.29, 1.82) is 0 Å². The lowest BCUT2D eigenvalue weighted by Gasteiger charge is -2.24. The van der Waals surface area contributed by atoms with Gasteiger partial charge in [-0.25, -0.2) is 4.39 Å². The summed E-state index contributed by atoms with van der Waals surface area (Å²) in [6, 6.07) is 15.8. The second kappa shape index (κ2) is 11.3. The zero-order valence-corrected chi connectivity index (χ0v) is 22.2. The highest BCUT2D eigenvalue weighted by molar-refractivity contribution is 8.00. The van der Waals surface area contributed by atoms with Crippen molar-refractivity contribution in [2.24, 2.45) is 0 Å². The molecule has 1 unspecified atom stereocenters. The van der Waals surface area contributed by atoms with E-state index in [9.17, 15) is 19.1 Å². The molecule has 3 heterocycles. The largest absolute Gasteiger partial charge is 0.503 e. The van der Waals surface area contributed by atoms with Crippen LogP contribution in [0.2, 0.25) is 0 Å². The van der Waals surface area contributed by atoms with E-state index in [1.807, 2.05) is 0 Å². The van der Waals surface area contributed by atoms with Gasteiger partial charge >= 0.3 is 0 Å². The maximum absolute atomic E-state index is 14.0. The van der Waals surface area contributed by atoms with Crippen LogP contribution < -0.4 is 9.64 Å². The van der Waals surface area contributed by atoms with E-state index in [1.54, 1.807) is 66.1 Å². The van der Waals surface area contributed by atoms with Crippen molar-refractivity contribution in [3.05, 3.63) is 112 Å². The fourth-order valence-electron chi connectivity index (χ4n) is 3.91. The van der Waals surface area contributed by atoms with Crippen LogP contribution in [0, 0.1) is 5.82 Å². The molecular weight excluding hydrogens is 546 g/mol. The van der Waals surface area contributed by atoms with Gasteiger partial charge in [0.25, 0.3) is 5.91 Å². The van der Waals surface area contributed by atoms with E-state index in [2.05, 4.69) is 16.8 Å². The summed E-state index contributed by atoms with van der Waals surface area (Å²) in [5, 5.41) is 21.2. The summed E-state index contributed by atoms with van der Waals surface area (Å²) in [5.41, 5.74) is 1.07. The third kappa shape index (κ3) is 5.13. The molecule has 0 spiro atoms. The number of Topliss-reactive ketones (excluding diaryl/α,β-unsaturated/α-hetero) is 1. The van der Waals surface area contributed by atoms with Crippen molar-refractivity contribution >= 4 is 51.3 Å². The van der Waals surface area contributed by atoms with Gasteiger partial charge in [0.1, 0.15) is 18.2 Å². The first-order chi connectivity index (χ1) is 18.5. The van der Waals surface area contributed by atoms with Crippen molar-refractivity contribution in [1.82, 2.24) is 10.2 Å². The van der Waals surface area contributed by atoms with E-state index in [0.29, 0.717) is 38.5 Å². The van der Waals surface area contributed by atoms with Crippen molar-refractivity contribution in [2.75, 3.05) is 11.5 Å². The number of thiophene rings is 1. The van der Waals surface area contributed by atoms with Crippen molar-refractivity contribution in [2.45, 2.75) is 16.1 Å². The number of carbonyl (C=O) groups excluding carboxylic acids is 2. The molecule has 2 aromatic carbocycles. The smallest absolute Gasteiger partial charge is 0.296 e. The fourth-order valence-corrected chi connectivity index (χ4v) is 6.44. The minimum absolute atomic E-state index is 0.0343. The first kappa shape index (κ1) is 25.8. The molecule has 11 heteroatoms. The highest BCUT2D eigenvalue weighted by Gasteiger charge is 2.46. The van der Waals surface area contributed by atoms with Crippen LogP contribution in [-0.2, 0) is 10.5 Å². The average Bonchev–Trinajstić information content (AvgIpc) is 3.68. The molecule has 1 aliphatic rings. The number of aliphatic hydroxyl groups is 1. The highest BCUT2D eigenvalue weighted by Crippen LogP contribution is 2.44. The summed E-state index contributed by atoms with van der Waals surface area (Å²) in [7, 11) is 0. The summed E-state index contributed by atoms with van der Waals surface area (Å²) in [6.07, 6.45) is 1.63. The molecule has 2 aromatic heterocycles. The number of hydrogen-bond acceptors (Lipinski definition) is 9. The molecule has 0 saturated carbocycles. The molecule has 0 radical (unpaired) electrons. The monoisotopic (exact) mass is 565 g/mol. The lowest BCUT2D eigenvalue weighted by Crippen LogP contribution is -2.31. The van der Waals surface area contributed by atoms with Crippen LogP contribution in [0.15, 0.2) is 94.4 Å². The van der Waals surface area contributed by atoms with Crippen LogP contribution in [0.25, 0.3) is 0 Å². The third-order valence-electron chi connectivity index (χ3n) is 5.67.